The van der Waals surface area contributed by atoms with E-state index in [0.717, 1.165) is 0 Å². The summed E-state index contributed by atoms with van der Waals surface area (Å²) >= 11 is 0. The minimum absolute atomic E-state index is 0.302. The van der Waals surface area contributed by atoms with Crippen LogP contribution in [-0.4, -0.2) is 16.1 Å². The number of benzene rings is 1. The Morgan fingerprint density at radius 1 is 1.38 bits per heavy atom. The summed E-state index contributed by atoms with van der Waals surface area (Å²) in [4.78, 5) is 11.0. The molecule has 0 heterocycles. The molecular weight excluding hydrogens is 172 g/mol. The molecule has 0 radical (unpaired) electrons. The minimum Gasteiger partial charge on any atom is -0.507 e. The second kappa shape index (κ2) is 3.45. The highest BCUT2D eigenvalue weighted by atomic mass is 16.3. The van der Waals surface area contributed by atoms with Crippen LogP contribution in [0.15, 0.2) is 18.2 Å². The third kappa shape index (κ3) is 1.68. The lowest BCUT2D eigenvalue weighted by atomic mass is 10.1. The maximum absolute atomic E-state index is 11.0. The van der Waals surface area contributed by atoms with Gasteiger partial charge in [0, 0.05) is 0 Å². The Morgan fingerprint density at radius 2 is 1.92 bits per heavy atom. The molecule has 1 amide bonds. The Morgan fingerprint density at radius 3 is 2.38 bits per heavy atom. The fraction of sp³-hybridized carbons (Fsp3) is 0. The van der Waals surface area contributed by atoms with Crippen molar-refractivity contribution in [2.75, 3.05) is 0 Å². The number of rotatable bonds is 1. The summed E-state index contributed by atoms with van der Waals surface area (Å²) in [6, 6.07) is 3.87. The Bertz CT molecular complexity index is 361. The van der Waals surface area contributed by atoms with Crippen LogP contribution in [0.1, 0.15) is 10.4 Å². The molecule has 3 N–H and O–H groups in total. The van der Waals surface area contributed by atoms with Crippen LogP contribution in [-0.2, 0) is 0 Å². The molecule has 0 aromatic heterocycles. The molecule has 1 rings (SSSR count). The van der Waals surface area contributed by atoms with Crippen molar-refractivity contribution >= 4 is 5.91 Å². The van der Waals surface area contributed by atoms with Crippen molar-refractivity contribution in [1.82, 2.24) is 5.32 Å². The molecule has 0 atom stereocenters. The summed E-state index contributed by atoms with van der Waals surface area (Å²) in [6.07, 6.45) is 1.40. The van der Waals surface area contributed by atoms with Gasteiger partial charge in [-0.2, -0.15) is 5.26 Å². The van der Waals surface area contributed by atoms with E-state index in [2.05, 4.69) is 0 Å². The van der Waals surface area contributed by atoms with Crippen molar-refractivity contribution < 1.29 is 15.0 Å². The maximum Gasteiger partial charge on any atom is 0.271 e. The molecule has 5 heteroatoms. The third-order valence-electron chi connectivity index (χ3n) is 1.42. The molecule has 0 spiro atoms. The number of hydrogen-bond donors (Lipinski definition) is 3. The van der Waals surface area contributed by atoms with Gasteiger partial charge in [-0.3, -0.25) is 10.1 Å². The zero-order valence-corrected chi connectivity index (χ0v) is 6.48. The van der Waals surface area contributed by atoms with Gasteiger partial charge in [-0.15, -0.1) is 0 Å². The van der Waals surface area contributed by atoms with Crippen LogP contribution < -0.4 is 5.32 Å². The lowest BCUT2D eigenvalue weighted by Crippen LogP contribution is -2.17. The normalized spacial score (nSPS) is 8.85. The first kappa shape index (κ1) is 8.87. The van der Waals surface area contributed by atoms with Crippen LogP contribution in [0.25, 0.3) is 0 Å². The number of nitrogens with zero attached hydrogens (tertiary/aromatic N) is 1. The molecule has 0 saturated carbocycles. The second-order valence-corrected chi connectivity index (χ2v) is 2.24. The molecule has 0 fully saturated rings. The van der Waals surface area contributed by atoms with Gasteiger partial charge in [0.05, 0.1) is 0 Å². The summed E-state index contributed by atoms with van der Waals surface area (Å²) in [5, 5.41) is 28.2. The lowest BCUT2D eigenvalue weighted by Gasteiger charge is -2.02. The van der Waals surface area contributed by atoms with Gasteiger partial charge in [0.2, 0.25) is 0 Å². The molecule has 1 aromatic carbocycles. The molecule has 0 aliphatic carbocycles. The zero-order chi connectivity index (χ0) is 9.84. The van der Waals surface area contributed by atoms with E-state index in [1.54, 1.807) is 5.32 Å². The van der Waals surface area contributed by atoms with Gasteiger partial charge in [-0.25, -0.2) is 0 Å². The topological polar surface area (TPSA) is 93.4 Å². The van der Waals surface area contributed by atoms with Crippen molar-refractivity contribution in [3.05, 3.63) is 23.8 Å². The maximum atomic E-state index is 11.0. The Balaban J connectivity index is 3.14. The van der Waals surface area contributed by atoms with Crippen molar-refractivity contribution in [3.63, 3.8) is 0 Å². The smallest absolute Gasteiger partial charge is 0.271 e. The molecule has 5 nitrogen and oxygen atoms in total. The van der Waals surface area contributed by atoms with Gasteiger partial charge in [-0.05, 0) is 12.1 Å². The van der Waals surface area contributed by atoms with E-state index in [1.165, 1.54) is 24.4 Å². The number of amides is 1. The number of phenols is 2. The number of aromatic hydroxyl groups is 2. The first-order chi connectivity index (χ1) is 6.16. The minimum atomic E-state index is -0.835. The Kier molecular flexibility index (Phi) is 2.36. The van der Waals surface area contributed by atoms with Crippen molar-refractivity contribution in [3.8, 4) is 17.7 Å². The number of hydrogen-bond acceptors (Lipinski definition) is 4. The molecule has 0 aliphatic rings. The Hall–Kier alpha value is -2.22. The van der Waals surface area contributed by atoms with Gasteiger partial charge in [0.15, 0.2) is 6.19 Å². The van der Waals surface area contributed by atoms with Gasteiger partial charge >= 0.3 is 0 Å². The highest BCUT2D eigenvalue weighted by Crippen LogP contribution is 2.25. The van der Waals surface area contributed by atoms with Gasteiger partial charge in [0.25, 0.3) is 5.91 Å². The monoisotopic (exact) mass is 178 g/mol. The van der Waals surface area contributed by atoms with Crippen molar-refractivity contribution in [2.45, 2.75) is 0 Å². The van der Waals surface area contributed by atoms with Crippen LogP contribution >= 0.6 is 0 Å². The number of carbonyl (C=O) groups is 1. The number of nitrogens with one attached hydrogen (secondary N) is 1. The molecule has 13 heavy (non-hydrogen) atoms. The average molecular weight is 178 g/mol. The van der Waals surface area contributed by atoms with Crippen molar-refractivity contribution in [1.29, 1.82) is 5.26 Å². The predicted octanol–water partition coefficient (Wildman–Crippen LogP) is 0.309. The van der Waals surface area contributed by atoms with Crippen LogP contribution in [0.2, 0.25) is 0 Å². The molecule has 0 bridgehead atoms. The highest BCUT2D eigenvalue weighted by Gasteiger charge is 2.14. The summed E-state index contributed by atoms with van der Waals surface area (Å²) in [7, 11) is 0. The second-order valence-electron chi connectivity index (χ2n) is 2.24. The van der Waals surface area contributed by atoms with Gasteiger partial charge < -0.3 is 10.2 Å². The largest absolute Gasteiger partial charge is 0.507 e. The summed E-state index contributed by atoms with van der Waals surface area (Å²) in [5.74, 6) is -1.57. The van der Waals surface area contributed by atoms with E-state index in [4.69, 9.17) is 15.5 Å². The number of nitriles is 1. The van der Waals surface area contributed by atoms with E-state index < -0.39 is 5.91 Å². The first-order valence-electron chi connectivity index (χ1n) is 3.37. The lowest BCUT2D eigenvalue weighted by molar-refractivity contribution is 0.0967. The SMILES string of the molecule is N#CNC(=O)c1c(O)cccc1O. The van der Waals surface area contributed by atoms with Crippen LogP contribution in [0, 0.1) is 11.5 Å². The molecule has 0 aliphatic heterocycles. The number of carbonyl (C=O) groups excluding carboxylic acids is 1. The summed E-state index contributed by atoms with van der Waals surface area (Å²) in [5.41, 5.74) is -0.302. The third-order valence-corrected chi connectivity index (χ3v) is 1.42. The quantitative estimate of drug-likeness (QED) is 0.426. The molecule has 0 saturated heterocycles. The van der Waals surface area contributed by atoms with E-state index in [0.29, 0.717) is 0 Å². The zero-order valence-electron chi connectivity index (χ0n) is 6.48. The summed E-state index contributed by atoms with van der Waals surface area (Å²) in [6.45, 7) is 0. The van der Waals surface area contributed by atoms with Gasteiger partial charge in [-0.1, -0.05) is 6.07 Å². The van der Waals surface area contributed by atoms with E-state index >= 15 is 0 Å². The predicted molar refractivity (Wildman–Crippen MR) is 42.9 cm³/mol. The first-order valence-corrected chi connectivity index (χ1v) is 3.37. The number of phenolic OH excluding ortho intramolecular Hbond substituents is 2. The molecule has 1 aromatic rings. The van der Waals surface area contributed by atoms with Crippen LogP contribution in [0.5, 0.6) is 11.5 Å². The highest BCUT2D eigenvalue weighted by molar-refractivity contribution is 6.00. The molecule has 0 unspecified atom stereocenters. The molecular formula is C8H6N2O3. The van der Waals surface area contributed by atoms with Crippen LogP contribution in [0.3, 0.4) is 0 Å². The van der Waals surface area contributed by atoms with E-state index in [-0.39, 0.29) is 17.1 Å². The van der Waals surface area contributed by atoms with E-state index in [9.17, 15) is 4.79 Å². The fourth-order valence-corrected chi connectivity index (χ4v) is 0.874. The molecule has 66 valence electrons. The Labute approximate surface area is 73.9 Å². The van der Waals surface area contributed by atoms with Gasteiger partial charge in [0.1, 0.15) is 17.1 Å². The summed E-state index contributed by atoms with van der Waals surface area (Å²) < 4.78 is 0. The van der Waals surface area contributed by atoms with Crippen molar-refractivity contribution in [2.24, 2.45) is 0 Å². The standard InChI is InChI=1S/C8H6N2O3/c9-4-10-8(13)7-5(11)2-1-3-6(7)12/h1-3,11-12H,(H,10,13). The van der Waals surface area contributed by atoms with E-state index in [1.807, 2.05) is 0 Å². The average Bonchev–Trinajstić information content (AvgIpc) is 2.04. The fourth-order valence-electron chi connectivity index (χ4n) is 0.874. The van der Waals surface area contributed by atoms with Crippen LogP contribution in [0.4, 0.5) is 0 Å².